The first kappa shape index (κ1) is 12.9. The minimum atomic E-state index is -0.447. The average molecular weight is 202 g/mol. The zero-order valence-corrected chi connectivity index (χ0v) is 8.70. The number of nitrogens with one attached hydrogen (secondary N) is 2. The quantitative estimate of drug-likeness (QED) is 0.383. The van der Waals surface area contributed by atoms with E-state index < -0.39 is 23.9 Å². The predicted molar refractivity (Wildman–Crippen MR) is 53.0 cm³/mol. The molecule has 6 nitrogen and oxygen atoms in total. The molecule has 0 radical (unpaired) electrons. The molecule has 0 aliphatic heterocycles. The molecule has 6 heteroatoms. The van der Waals surface area contributed by atoms with Crippen molar-refractivity contribution in [3.05, 3.63) is 0 Å². The van der Waals surface area contributed by atoms with Gasteiger partial charge in [0.1, 0.15) is 0 Å². The van der Waals surface area contributed by atoms with Crippen molar-refractivity contribution in [1.82, 2.24) is 10.6 Å². The van der Waals surface area contributed by atoms with E-state index in [1.54, 1.807) is 20.8 Å². The summed E-state index contributed by atoms with van der Waals surface area (Å²) in [5.74, 6) is -0.879. The standard InChI is InChI=1S/C8H18N4O2/c1-4(7(9)13)11-6(3)12-5(2)8(10)14/h4-6,11-12H,1-3H3,(H2,9,13)(H2,10,14)/t4-,5-/m0/s1. The summed E-state index contributed by atoms with van der Waals surface area (Å²) in [6, 6.07) is -0.893. The summed E-state index contributed by atoms with van der Waals surface area (Å²) in [5, 5.41) is 5.74. The first-order valence-electron chi connectivity index (χ1n) is 4.45. The lowest BCUT2D eigenvalue weighted by Crippen LogP contribution is -2.54. The highest BCUT2D eigenvalue weighted by molar-refractivity contribution is 5.80. The van der Waals surface area contributed by atoms with Crippen LogP contribution in [0.1, 0.15) is 20.8 Å². The molecule has 0 saturated heterocycles. The van der Waals surface area contributed by atoms with Gasteiger partial charge in [-0.1, -0.05) is 0 Å². The van der Waals surface area contributed by atoms with Crippen molar-refractivity contribution in [2.45, 2.75) is 39.0 Å². The smallest absolute Gasteiger partial charge is 0.234 e. The Hall–Kier alpha value is -1.14. The van der Waals surface area contributed by atoms with Gasteiger partial charge in [-0.25, -0.2) is 0 Å². The molecule has 0 bridgehead atoms. The van der Waals surface area contributed by atoms with Crippen LogP contribution in [0.4, 0.5) is 0 Å². The van der Waals surface area contributed by atoms with Crippen LogP contribution in [-0.4, -0.2) is 30.1 Å². The summed E-state index contributed by atoms with van der Waals surface area (Å²) in [7, 11) is 0. The maximum atomic E-state index is 10.7. The summed E-state index contributed by atoms with van der Waals surface area (Å²) in [4.78, 5) is 21.4. The Labute approximate surface area is 83.4 Å². The van der Waals surface area contributed by atoms with E-state index in [2.05, 4.69) is 10.6 Å². The number of carbonyl (C=O) groups is 2. The summed E-state index contributed by atoms with van der Waals surface area (Å²) in [6.07, 6.45) is -0.208. The van der Waals surface area contributed by atoms with Gasteiger partial charge in [-0.2, -0.15) is 0 Å². The van der Waals surface area contributed by atoms with Crippen LogP contribution < -0.4 is 22.1 Å². The van der Waals surface area contributed by atoms with Crippen molar-refractivity contribution >= 4 is 11.8 Å². The van der Waals surface area contributed by atoms with Gasteiger partial charge in [0.15, 0.2) is 0 Å². The molecule has 0 aromatic carbocycles. The summed E-state index contributed by atoms with van der Waals surface area (Å²) >= 11 is 0. The van der Waals surface area contributed by atoms with Crippen molar-refractivity contribution in [3.63, 3.8) is 0 Å². The van der Waals surface area contributed by atoms with Gasteiger partial charge < -0.3 is 11.5 Å². The van der Waals surface area contributed by atoms with Crippen molar-refractivity contribution in [1.29, 1.82) is 0 Å². The normalized spacial score (nSPS) is 15.1. The fourth-order valence-corrected chi connectivity index (χ4v) is 0.962. The predicted octanol–water partition coefficient (Wildman–Crippen LogP) is -1.74. The highest BCUT2D eigenvalue weighted by Gasteiger charge is 2.15. The molecule has 6 N–H and O–H groups in total. The molecule has 0 saturated carbocycles. The Balaban J connectivity index is 3.92. The van der Waals surface area contributed by atoms with Crippen LogP contribution in [0.3, 0.4) is 0 Å². The Morgan fingerprint density at radius 2 is 1.21 bits per heavy atom. The van der Waals surface area contributed by atoms with Crippen LogP contribution in [0.15, 0.2) is 0 Å². The van der Waals surface area contributed by atoms with Crippen LogP contribution in [0.2, 0.25) is 0 Å². The van der Waals surface area contributed by atoms with Gasteiger partial charge in [0, 0.05) is 0 Å². The maximum absolute atomic E-state index is 10.7. The minimum absolute atomic E-state index is 0.208. The number of amides is 2. The topological polar surface area (TPSA) is 110 Å². The number of hydrogen-bond acceptors (Lipinski definition) is 4. The molecule has 2 amide bonds. The molecule has 0 heterocycles. The van der Waals surface area contributed by atoms with Gasteiger partial charge in [0.05, 0.1) is 18.2 Å². The van der Waals surface area contributed by atoms with Gasteiger partial charge >= 0.3 is 0 Å². The molecule has 14 heavy (non-hydrogen) atoms. The molecule has 0 aromatic rings. The number of primary amides is 2. The van der Waals surface area contributed by atoms with Gasteiger partial charge in [-0.05, 0) is 20.8 Å². The second-order valence-corrected chi connectivity index (χ2v) is 3.30. The SMILES string of the molecule is CC(N[C@@H](C)C(N)=O)N[C@@H](C)C(N)=O. The van der Waals surface area contributed by atoms with E-state index in [-0.39, 0.29) is 6.17 Å². The van der Waals surface area contributed by atoms with Crippen LogP contribution in [0.25, 0.3) is 0 Å². The van der Waals surface area contributed by atoms with Gasteiger partial charge in [0.25, 0.3) is 0 Å². The van der Waals surface area contributed by atoms with Crippen LogP contribution in [0.5, 0.6) is 0 Å². The summed E-state index contributed by atoms with van der Waals surface area (Å²) < 4.78 is 0. The third-order valence-corrected chi connectivity index (χ3v) is 1.85. The fraction of sp³-hybridized carbons (Fsp3) is 0.750. The van der Waals surface area contributed by atoms with E-state index >= 15 is 0 Å². The van der Waals surface area contributed by atoms with Crippen molar-refractivity contribution < 1.29 is 9.59 Å². The molecule has 0 spiro atoms. The van der Waals surface area contributed by atoms with Gasteiger partial charge in [0.2, 0.25) is 11.8 Å². The second-order valence-electron chi connectivity index (χ2n) is 3.30. The van der Waals surface area contributed by atoms with E-state index in [0.29, 0.717) is 0 Å². The Kier molecular flexibility index (Phi) is 5.11. The van der Waals surface area contributed by atoms with E-state index in [4.69, 9.17) is 11.5 Å². The van der Waals surface area contributed by atoms with Gasteiger partial charge in [-0.15, -0.1) is 0 Å². The molecule has 0 aromatic heterocycles. The lowest BCUT2D eigenvalue weighted by molar-refractivity contribution is -0.119. The number of hydrogen-bond donors (Lipinski definition) is 4. The number of nitrogens with two attached hydrogens (primary N) is 2. The lowest BCUT2D eigenvalue weighted by atomic mass is 10.3. The van der Waals surface area contributed by atoms with Crippen LogP contribution in [0, 0.1) is 0 Å². The third-order valence-electron chi connectivity index (χ3n) is 1.85. The van der Waals surface area contributed by atoms with E-state index in [0.717, 1.165) is 0 Å². The Bertz CT molecular complexity index is 197. The molecular weight excluding hydrogens is 184 g/mol. The highest BCUT2D eigenvalue weighted by Crippen LogP contribution is 1.86. The molecule has 82 valence electrons. The first-order chi connectivity index (χ1) is 6.34. The number of rotatable bonds is 6. The first-order valence-corrected chi connectivity index (χ1v) is 4.45. The molecule has 2 atom stereocenters. The fourth-order valence-electron chi connectivity index (χ4n) is 0.962. The lowest BCUT2D eigenvalue weighted by Gasteiger charge is -2.21. The highest BCUT2D eigenvalue weighted by atomic mass is 16.2. The van der Waals surface area contributed by atoms with Crippen LogP contribution >= 0.6 is 0 Å². The molecule has 0 unspecified atom stereocenters. The zero-order chi connectivity index (χ0) is 11.3. The summed E-state index contributed by atoms with van der Waals surface area (Å²) in [6.45, 7) is 5.07. The Morgan fingerprint density at radius 1 is 0.929 bits per heavy atom. The van der Waals surface area contributed by atoms with Crippen molar-refractivity contribution in [3.8, 4) is 0 Å². The molecule has 0 aliphatic carbocycles. The average Bonchev–Trinajstić information content (AvgIpc) is 2.03. The molecular formula is C8H18N4O2. The minimum Gasteiger partial charge on any atom is -0.368 e. The molecule has 0 aliphatic rings. The monoisotopic (exact) mass is 202 g/mol. The Morgan fingerprint density at radius 3 is 1.43 bits per heavy atom. The van der Waals surface area contributed by atoms with Crippen molar-refractivity contribution in [2.75, 3.05) is 0 Å². The number of carbonyl (C=O) groups excluding carboxylic acids is 2. The molecule has 0 rings (SSSR count). The third kappa shape index (κ3) is 4.78. The molecule has 0 fully saturated rings. The van der Waals surface area contributed by atoms with Crippen molar-refractivity contribution in [2.24, 2.45) is 11.5 Å². The van der Waals surface area contributed by atoms with E-state index in [1.807, 2.05) is 0 Å². The van der Waals surface area contributed by atoms with Gasteiger partial charge in [-0.3, -0.25) is 20.2 Å². The van der Waals surface area contributed by atoms with E-state index in [1.165, 1.54) is 0 Å². The van der Waals surface area contributed by atoms with Crippen LogP contribution in [-0.2, 0) is 9.59 Å². The summed E-state index contributed by atoms with van der Waals surface area (Å²) in [5.41, 5.74) is 10.1. The zero-order valence-electron chi connectivity index (χ0n) is 8.70. The largest absolute Gasteiger partial charge is 0.368 e. The second kappa shape index (κ2) is 5.56. The maximum Gasteiger partial charge on any atom is 0.234 e. The van der Waals surface area contributed by atoms with E-state index in [9.17, 15) is 9.59 Å².